The lowest BCUT2D eigenvalue weighted by atomic mass is 10.2. The van der Waals surface area contributed by atoms with Crippen molar-refractivity contribution in [2.45, 2.75) is 37.0 Å². The molecule has 1 aliphatic rings. The minimum Gasteiger partial charge on any atom is -0.395 e. The zero-order chi connectivity index (χ0) is 13.2. The van der Waals surface area contributed by atoms with E-state index < -0.39 is 0 Å². The average molecular weight is 277 g/mol. The van der Waals surface area contributed by atoms with Gasteiger partial charge in [-0.25, -0.2) is 4.98 Å². The lowest BCUT2D eigenvalue weighted by molar-refractivity contribution is 0.253. The molecule has 2 aromatic rings. The molecule has 0 saturated heterocycles. The van der Waals surface area contributed by atoms with E-state index in [1.807, 2.05) is 6.07 Å². The number of aromatic amines is 1. The summed E-state index contributed by atoms with van der Waals surface area (Å²) in [6, 6.07) is 7.00. The SMILES string of the molecule is Cc1ccc2nc(SCC(CO)NC3CC3)[nH]c2c1. The van der Waals surface area contributed by atoms with Gasteiger partial charge in [0.05, 0.1) is 17.6 Å². The number of aliphatic hydroxyl groups excluding tert-OH is 1. The highest BCUT2D eigenvalue weighted by Gasteiger charge is 2.24. The summed E-state index contributed by atoms with van der Waals surface area (Å²) in [5, 5.41) is 13.7. The molecule has 3 N–H and O–H groups in total. The van der Waals surface area contributed by atoms with Crippen LogP contribution in [-0.4, -0.2) is 39.5 Å². The van der Waals surface area contributed by atoms with Gasteiger partial charge in [-0.15, -0.1) is 0 Å². The van der Waals surface area contributed by atoms with Crippen LogP contribution in [0.15, 0.2) is 23.4 Å². The van der Waals surface area contributed by atoms with Gasteiger partial charge >= 0.3 is 0 Å². The molecule has 3 rings (SSSR count). The Kier molecular flexibility index (Phi) is 3.77. The molecule has 19 heavy (non-hydrogen) atoms. The van der Waals surface area contributed by atoms with Crippen LogP contribution in [0, 0.1) is 6.92 Å². The third-order valence-corrected chi connectivity index (χ3v) is 4.34. The van der Waals surface area contributed by atoms with E-state index in [9.17, 15) is 5.11 Å². The smallest absolute Gasteiger partial charge is 0.166 e. The van der Waals surface area contributed by atoms with E-state index in [1.165, 1.54) is 18.4 Å². The summed E-state index contributed by atoms with van der Waals surface area (Å²) < 4.78 is 0. The van der Waals surface area contributed by atoms with Gasteiger partial charge in [-0.05, 0) is 37.5 Å². The number of thioether (sulfide) groups is 1. The highest BCUT2D eigenvalue weighted by Crippen LogP contribution is 2.23. The predicted octanol–water partition coefficient (Wildman–Crippen LogP) is 2.08. The minimum absolute atomic E-state index is 0.160. The Hall–Kier alpha value is -1.04. The molecule has 1 aromatic heterocycles. The van der Waals surface area contributed by atoms with Gasteiger partial charge in [0.25, 0.3) is 0 Å². The number of fused-ring (bicyclic) bond motifs is 1. The first-order chi connectivity index (χ1) is 9.24. The second-order valence-electron chi connectivity index (χ2n) is 5.19. The number of imidazole rings is 1. The highest BCUT2D eigenvalue weighted by molar-refractivity contribution is 7.99. The zero-order valence-corrected chi connectivity index (χ0v) is 11.8. The molecular formula is C14H19N3OS. The fourth-order valence-corrected chi connectivity index (χ4v) is 2.99. The van der Waals surface area contributed by atoms with Crippen LogP contribution >= 0.6 is 11.8 Å². The van der Waals surface area contributed by atoms with Crippen molar-refractivity contribution in [3.63, 3.8) is 0 Å². The number of benzene rings is 1. The largest absolute Gasteiger partial charge is 0.395 e. The number of aromatic nitrogens is 2. The summed E-state index contributed by atoms with van der Waals surface area (Å²) in [4.78, 5) is 7.88. The van der Waals surface area contributed by atoms with Gasteiger partial charge in [0.2, 0.25) is 0 Å². The fraction of sp³-hybridized carbons (Fsp3) is 0.500. The maximum Gasteiger partial charge on any atom is 0.166 e. The molecule has 1 fully saturated rings. The van der Waals surface area contributed by atoms with Gasteiger partial charge in [-0.2, -0.15) is 0 Å². The monoisotopic (exact) mass is 277 g/mol. The molecule has 5 heteroatoms. The summed E-state index contributed by atoms with van der Waals surface area (Å²) >= 11 is 1.67. The number of H-pyrrole nitrogens is 1. The van der Waals surface area contributed by atoms with E-state index in [1.54, 1.807) is 11.8 Å². The highest BCUT2D eigenvalue weighted by atomic mass is 32.2. The van der Waals surface area contributed by atoms with Crippen molar-refractivity contribution in [1.29, 1.82) is 0 Å². The minimum atomic E-state index is 0.160. The molecule has 1 saturated carbocycles. The van der Waals surface area contributed by atoms with Crippen LogP contribution in [0.3, 0.4) is 0 Å². The number of aryl methyl sites for hydroxylation is 1. The van der Waals surface area contributed by atoms with E-state index in [-0.39, 0.29) is 12.6 Å². The van der Waals surface area contributed by atoms with Crippen LogP contribution in [0.5, 0.6) is 0 Å². The fourth-order valence-electron chi connectivity index (χ4n) is 2.08. The number of nitrogens with one attached hydrogen (secondary N) is 2. The first kappa shape index (κ1) is 13.0. The van der Waals surface area contributed by atoms with Gasteiger partial charge < -0.3 is 15.4 Å². The summed E-state index contributed by atoms with van der Waals surface area (Å²) in [7, 11) is 0. The average Bonchev–Trinajstić information content (AvgIpc) is 3.13. The van der Waals surface area contributed by atoms with Crippen LogP contribution in [0.4, 0.5) is 0 Å². The van der Waals surface area contributed by atoms with E-state index in [0.717, 1.165) is 21.9 Å². The lowest BCUT2D eigenvalue weighted by Gasteiger charge is -2.14. The summed E-state index contributed by atoms with van der Waals surface area (Å²) in [6.07, 6.45) is 2.48. The second kappa shape index (κ2) is 5.53. The van der Waals surface area contributed by atoms with Crippen molar-refractivity contribution in [3.8, 4) is 0 Å². The molecule has 0 spiro atoms. The lowest BCUT2D eigenvalue weighted by Crippen LogP contribution is -2.36. The molecule has 0 aliphatic heterocycles. The topological polar surface area (TPSA) is 60.9 Å². The van der Waals surface area contributed by atoms with Crippen molar-refractivity contribution >= 4 is 22.8 Å². The van der Waals surface area contributed by atoms with Gasteiger partial charge in [-0.3, -0.25) is 0 Å². The van der Waals surface area contributed by atoms with Crippen molar-refractivity contribution in [3.05, 3.63) is 23.8 Å². The molecule has 0 bridgehead atoms. The molecule has 102 valence electrons. The third-order valence-electron chi connectivity index (χ3n) is 3.31. The van der Waals surface area contributed by atoms with Crippen molar-refractivity contribution < 1.29 is 5.11 Å². The molecule has 0 amide bonds. The number of rotatable bonds is 6. The van der Waals surface area contributed by atoms with E-state index in [0.29, 0.717) is 6.04 Å². The number of nitrogens with zero attached hydrogens (tertiary/aromatic N) is 1. The summed E-state index contributed by atoms with van der Waals surface area (Å²) in [5.74, 6) is 0.839. The van der Waals surface area contributed by atoms with E-state index in [4.69, 9.17) is 0 Å². The van der Waals surface area contributed by atoms with Gasteiger partial charge in [-0.1, -0.05) is 17.8 Å². The molecule has 1 atom stereocenters. The summed E-state index contributed by atoms with van der Waals surface area (Å²) in [5.41, 5.74) is 3.32. The molecule has 1 aromatic carbocycles. The Bertz CT molecular complexity index is 565. The zero-order valence-electron chi connectivity index (χ0n) is 11.0. The molecule has 4 nitrogen and oxygen atoms in total. The third kappa shape index (κ3) is 3.29. The maximum atomic E-state index is 9.35. The Morgan fingerprint density at radius 3 is 3.11 bits per heavy atom. The second-order valence-corrected chi connectivity index (χ2v) is 6.20. The van der Waals surface area contributed by atoms with E-state index in [2.05, 4.69) is 34.3 Å². The number of hydrogen-bond acceptors (Lipinski definition) is 4. The predicted molar refractivity (Wildman–Crippen MR) is 78.6 cm³/mol. The van der Waals surface area contributed by atoms with Crippen molar-refractivity contribution in [2.75, 3.05) is 12.4 Å². The van der Waals surface area contributed by atoms with Gasteiger partial charge in [0.15, 0.2) is 5.16 Å². The van der Waals surface area contributed by atoms with Gasteiger partial charge in [0.1, 0.15) is 0 Å². The molecular weight excluding hydrogens is 258 g/mol. The maximum absolute atomic E-state index is 9.35. The van der Waals surface area contributed by atoms with Crippen LogP contribution < -0.4 is 5.32 Å². The Balaban J connectivity index is 1.63. The Morgan fingerprint density at radius 2 is 2.37 bits per heavy atom. The van der Waals surface area contributed by atoms with Crippen molar-refractivity contribution in [2.24, 2.45) is 0 Å². The Labute approximate surface area is 117 Å². The normalized spacial score (nSPS) is 16.9. The number of aliphatic hydroxyl groups is 1. The van der Waals surface area contributed by atoms with Crippen LogP contribution in [0.25, 0.3) is 11.0 Å². The number of hydrogen-bond donors (Lipinski definition) is 3. The first-order valence-electron chi connectivity index (χ1n) is 6.70. The quantitative estimate of drug-likeness (QED) is 0.708. The van der Waals surface area contributed by atoms with E-state index >= 15 is 0 Å². The molecule has 1 aliphatic carbocycles. The van der Waals surface area contributed by atoms with Gasteiger partial charge in [0, 0.05) is 17.8 Å². The molecule has 1 unspecified atom stereocenters. The van der Waals surface area contributed by atoms with Crippen LogP contribution in [-0.2, 0) is 0 Å². The standard InChI is InChI=1S/C14H19N3OS/c1-9-2-5-12-13(6-9)17-14(16-12)19-8-11(7-18)15-10-3-4-10/h2,5-6,10-11,15,18H,3-4,7-8H2,1H3,(H,16,17). The van der Waals surface area contributed by atoms with Crippen LogP contribution in [0.2, 0.25) is 0 Å². The van der Waals surface area contributed by atoms with Crippen molar-refractivity contribution in [1.82, 2.24) is 15.3 Å². The molecule has 0 radical (unpaired) electrons. The first-order valence-corrected chi connectivity index (χ1v) is 7.69. The van der Waals surface area contributed by atoms with Crippen LogP contribution in [0.1, 0.15) is 18.4 Å². The summed E-state index contributed by atoms with van der Waals surface area (Å²) in [6.45, 7) is 2.26. The molecule has 1 heterocycles. The Morgan fingerprint density at radius 1 is 1.53 bits per heavy atom.